The Morgan fingerprint density at radius 1 is 0.952 bits per heavy atom. The smallest absolute Gasteiger partial charge is 0.00665 e. The Hall–Kier alpha value is -0.0800. The van der Waals surface area contributed by atoms with E-state index in [9.17, 15) is 0 Å². The van der Waals surface area contributed by atoms with Crippen LogP contribution in [-0.4, -0.2) is 37.1 Å². The van der Waals surface area contributed by atoms with E-state index in [0.717, 1.165) is 5.92 Å². The van der Waals surface area contributed by atoms with Gasteiger partial charge in [-0.05, 0) is 44.6 Å². The van der Waals surface area contributed by atoms with Crippen molar-refractivity contribution >= 4 is 0 Å². The Morgan fingerprint density at radius 2 is 1.52 bits per heavy atom. The van der Waals surface area contributed by atoms with Crippen LogP contribution in [0.4, 0.5) is 0 Å². The quantitative estimate of drug-likeness (QED) is 0.654. The molecule has 1 unspecified atom stereocenters. The summed E-state index contributed by atoms with van der Waals surface area (Å²) in [5.74, 6) is 0.793. The molecule has 1 N–H and O–H groups in total. The first kappa shape index (κ1) is 19.0. The third kappa shape index (κ3) is 7.15. The third-order valence-corrected chi connectivity index (χ3v) is 5.20. The summed E-state index contributed by atoms with van der Waals surface area (Å²) in [4.78, 5) is 2.63. The van der Waals surface area contributed by atoms with Gasteiger partial charge in [-0.3, -0.25) is 0 Å². The van der Waals surface area contributed by atoms with Crippen molar-refractivity contribution < 1.29 is 0 Å². The van der Waals surface area contributed by atoms with E-state index in [1.54, 1.807) is 0 Å². The van der Waals surface area contributed by atoms with Crippen molar-refractivity contribution in [3.63, 3.8) is 0 Å². The van der Waals surface area contributed by atoms with Crippen LogP contribution in [-0.2, 0) is 0 Å². The molecule has 0 spiro atoms. The fraction of sp³-hybridized carbons (Fsp3) is 1.00. The summed E-state index contributed by atoms with van der Waals surface area (Å²) in [6.07, 6.45) is 9.85. The highest BCUT2D eigenvalue weighted by Crippen LogP contribution is 2.36. The molecular formula is C19H40N2. The lowest BCUT2D eigenvalue weighted by atomic mass is 9.79. The molecule has 0 aliphatic heterocycles. The van der Waals surface area contributed by atoms with E-state index in [2.05, 4.69) is 51.9 Å². The Kier molecular flexibility index (Phi) is 8.26. The molecule has 0 aromatic carbocycles. The second-order valence-corrected chi connectivity index (χ2v) is 8.34. The van der Waals surface area contributed by atoms with Crippen molar-refractivity contribution in [2.75, 3.05) is 20.1 Å². The number of nitrogens with zero attached hydrogens (tertiary/aromatic N) is 1. The zero-order valence-corrected chi connectivity index (χ0v) is 15.5. The van der Waals surface area contributed by atoms with Crippen LogP contribution < -0.4 is 5.32 Å². The third-order valence-electron chi connectivity index (χ3n) is 5.20. The average molecular weight is 297 g/mol. The van der Waals surface area contributed by atoms with E-state index in [-0.39, 0.29) is 0 Å². The summed E-state index contributed by atoms with van der Waals surface area (Å²) in [5.41, 5.74) is 0.501. The van der Waals surface area contributed by atoms with Gasteiger partial charge in [0, 0.05) is 25.2 Å². The number of rotatable bonds is 8. The van der Waals surface area contributed by atoms with Gasteiger partial charge in [0.05, 0.1) is 0 Å². The van der Waals surface area contributed by atoms with Crippen LogP contribution in [0.1, 0.15) is 79.6 Å². The first-order valence-corrected chi connectivity index (χ1v) is 9.28. The predicted octanol–water partition coefficient (Wildman–Crippen LogP) is 4.69. The maximum atomic E-state index is 3.74. The molecule has 0 saturated heterocycles. The molecule has 1 fully saturated rings. The molecule has 2 heteroatoms. The predicted molar refractivity (Wildman–Crippen MR) is 94.8 cm³/mol. The molecule has 0 aromatic rings. The van der Waals surface area contributed by atoms with Gasteiger partial charge < -0.3 is 10.2 Å². The molecule has 1 aliphatic carbocycles. The molecule has 126 valence electrons. The van der Waals surface area contributed by atoms with Gasteiger partial charge in [-0.25, -0.2) is 0 Å². The van der Waals surface area contributed by atoms with Gasteiger partial charge in [0.1, 0.15) is 0 Å². The molecule has 21 heavy (non-hydrogen) atoms. The minimum Gasteiger partial charge on any atom is -0.314 e. The Balaban J connectivity index is 2.66. The lowest BCUT2D eigenvalue weighted by Crippen LogP contribution is -2.46. The van der Waals surface area contributed by atoms with Crippen LogP contribution in [0.25, 0.3) is 0 Å². The highest BCUT2D eigenvalue weighted by Gasteiger charge is 2.33. The summed E-state index contributed by atoms with van der Waals surface area (Å²) >= 11 is 0. The van der Waals surface area contributed by atoms with Gasteiger partial charge in [0.2, 0.25) is 0 Å². The lowest BCUT2D eigenvalue weighted by Gasteiger charge is -2.40. The van der Waals surface area contributed by atoms with Crippen LogP contribution in [0.3, 0.4) is 0 Å². The number of hydrogen-bond donors (Lipinski definition) is 1. The lowest BCUT2D eigenvalue weighted by molar-refractivity contribution is 0.110. The number of nitrogens with one attached hydrogen (secondary N) is 1. The summed E-state index contributed by atoms with van der Waals surface area (Å²) in [7, 11) is 2.34. The van der Waals surface area contributed by atoms with Crippen molar-refractivity contribution in [3.05, 3.63) is 0 Å². The number of hydrogen-bond acceptors (Lipinski definition) is 2. The Bertz CT molecular complexity index is 265. The van der Waals surface area contributed by atoms with Crippen molar-refractivity contribution in [2.45, 2.75) is 91.6 Å². The van der Waals surface area contributed by atoms with Crippen molar-refractivity contribution in [1.82, 2.24) is 10.2 Å². The second-order valence-electron chi connectivity index (χ2n) is 8.34. The fourth-order valence-corrected chi connectivity index (χ4v) is 3.84. The van der Waals surface area contributed by atoms with E-state index < -0.39 is 0 Å². The Morgan fingerprint density at radius 3 is 2.00 bits per heavy atom. The first-order valence-electron chi connectivity index (χ1n) is 9.28. The topological polar surface area (TPSA) is 15.3 Å². The molecular weight excluding hydrogens is 256 g/mol. The van der Waals surface area contributed by atoms with E-state index in [4.69, 9.17) is 0 Å². The Labute approximate surface area is 134 Å². The molecule has 1 rings (SSSR count). The minimum atomic E-state index is 0.501. The monoisotopic (exact) mass is 296 g/mol. The molecule has 0 radical (unpaired) electrons. The average Bonchev–Trinajstić information content (AvgIpc) is 2.62. The second kappa shape index (κ2) is 9.15. The SMILES string of the molecule is CC(C)CC(C)N(C)CC1(CNC(C)C)CCCCCC1. The molecule has 0 amide bonds. The van der Waals surface area contributed by atoms with Gasteiger partial charge in [0.25, 0.3) is 0 Å². The highest BCUT2D eigenvalue weighted by molar-refractivity contribution is 4.88. The summed E-state index contributed by atoms with van der Waals surface area (Å²) in [6, 6.07) is 1.30. The van der Waals surface area contributed by atoms with E-state index >= 15 is 0 Å². The van der Waals surface area contributed by atoms with Crippen LogP contribution in [0.2, 0.25) is 0 Å². The van der Waals surface area contributed by atoms with Gasteiger partial charge in [-0.2, -0.15) is 0 Å². The van der Waals surface area contributed by atoms with Crippen LogP contribution in [0.15, 0.2) is 0 Å². The summed E-state index contributed by atoms with van der Waals surface area (Å²) in [5, 5.41) is 3.74. The molecule has 0 aromatic heterocycles. The van der Waals surface area contributed by atoms with E-state index in [1.165, 1.54) is 58.0 Å². The van der Waals surface area contributed by atoms with Crippen LogP contribution >= 0.6 is 0 Å². The van der Waals surface area contributed by atoms with E-state index in [1.807, 2.05) is 0 Å². The maximum absolute atomic E-state index is 3.74. The molecule has 1 aliphatic rings. The zero-order valence-electron chi connectivity index (χ0n) is 15.5. The van der Waals surface area contributed by atoms with Gasteiger partial charge in [-0.1, -0.05) is 53.4 Å². The van der Waals surface area contributed by atoms with E-state index in [0.29, 0.717) is 17.5 Å². The normalized spacial score (nSPS) is 21.0. The molecule has 0 bridgehead atoms. The highest BCUT2D eigenvalue weighted by atomic mass is 15.1. The van der Waals surface area contributed by atoms with Crippen molar-refractivity contribution in [2.24, 2.45) is 11.3 Å². The molecule has 2 nitrogen and oxygen atoms in total. The summed E-state index contributed by atoms with van der Waals surface area (Å²) in [6.45, 7) is 14.1. The molecule has 1 saturated carbocycles. The summed E-state index contributed by atoms with van der Waals surface area (Å²) < 4.78 is 0. The van der Waals surface area contributed by atoms with Crippen molar-refractivity contribution in [1.29, 1.82) is 0 Å². The van der Waals surface area contributed by atoms with Gasteiger partial charge in [-0.15, -0.1) is 0 Å². The van der Waals surface area contributed by atoms with Gasteiger partial charge >= 0.3 is 0 Å². The maximum Gasteiger partial charge on any atom is 0.00665 e. The van der Waals surface area contributed by atoms with Crippen molar-refractivity contribution in [3.8, 4) is 0 Å². The zero-order chi connectivity index (χ0) is 15.9. The largest absolute Gasteiger partial charge is 0.314 e. The standard InChI is InChI=1S/C19H40N2/c1-16(2)13-18(5)21(6)15-19(14-20-17(3)4)11-9-7-8-10-12-19/h16-18,20H,7-15H2,1-6H3. The minimum absolute atomic E-state index is 0.501. The van der Waals surface area contributed by atoms with Crippen LogP contribution in [0.5, 0.6) is 0 Å². The van der Waals surface area contributed by atoms with Gasteiger partial charge in [0.15, 0.2) is 0 Å². The van der Waals surface area contributed by atoms with Crippen LogP contribution in [0, 0.1) is 11.3 Å². The molecule has 0 heterocycles. The first-order chi connectivity index (χ1) is 9.84. The fourth-order valence-electron chi connectivity index (χ4n) is 3.84. The molecule has 1 atom stereocenters.